The number of fused-ring (bicyclic) bond motifs is 1. The van der Waals surface area contributed by atoms with Gasteiger partial charge in [-0.15, -0.1) is 0 Å². The number of allylic oxidation sites excluding steroid dienone is 2. The topological polar surface area (TPSA) is 41.8 Å². The number of amides is 1. The van der Waals surface area contributed by atoms with Crippen LogP contribution in [-0.2, 0) is 11.2 Å². The highest BCUT2D eigenvalue weighted by Gasteiger charge is 2.22. The van der Waals surface area contributed by atoms with Crippen molar-refractivity contribution in [2.75, 3.05) is 0 Å². The number of carbonyl (C=O) groups is 1. The minimum atomic E-state index is -0.146. The minimum Gasteiger partial charge on any atom is -0.267 e. The summed E-state index contributed by atoms with van der Waals surface area (Å²) in [5.41, 5.74) is 2.62. The monoisotopic (exact) mass is 236 g/mol. The quantitative estimate of drug-likeness (QED) is 0.777. The first-order chi connectivity index (χ1) is 8.83. The fraction of sp³-hybridized carbons (Fsp3) is 0.133. The number of hydrogen-bond donors (Lipinski definition) is 0. The predicted octanol–water partition coefficient (Wildman–Crippen LogP) is 2.35. The molecule has 1 unspecified atom stereocenters. The molecule has 3 nitrogen and oxygen atoms in total. The van der Waals surface area contributed by atoms with E-state index in [4.69, 9.17) is 0 Å². The summed E-state index contributed by atoms with van der Waals surface area (Å²) in [5, 5.41) is 0. The molecule has 0 aliphatic carbocycles. The summed E-state index contributed by atoms with van der Waals surface area (Å²) in [5.74, 6) is -0.0502. The van der Waals surface area contributed by atoms with Crippen molar-refractivity contribution < 1.29 is 4.79 Å². The number of benzene rings is 1. The third-order valence-electron chi connectivity index (χ3n) is 3.05. The summed E-state index contributed by atoms with van der Waals surface area (Å²) < 4.78 is 0. The van der Waals surface area contributed by atoms with Crippen LogP contribution in [0.1, 0.15) is 5.56 Å². The van der Waals surface area contributed by atoms with Crippen molar-refractivity contribution in [2.45, 2.75) is 6.42 Å². The molecule has 0 N–H and O–H groups in total. The second-order valence-electron chi connectivity index (χ2n) is 4.34. The molecule has 0 fully saturated rings. The Kier molecular flexibility index (Phi) is 2.73. The molecular weight excluding hydrogens is 224 g/mol. The Hall–Kier alpha value is -2.29. The van der Waals surface area contributed by atoms with Crippen LogP contribution in [0.25, 0.3) is 0 Å². The Balaban J connectivity index is 1.86. The molecule has 3 heteroatoms. The van der Waals surface area contributed by atoms with E-state index in [2.05, 4.69) is 9.98 Å². The van der Waals surface area contributed by atoms with Crippen LogP contribution in [0.4, 0.5) is 0 Å². The second kappa shape index (κ2) is 4.53. The molecule has 1 aromatic rings. The molecule has 2 aliphatic heterocycles. The minimum absolute atomic E-state index is 0.0962. The van der Waals surface area contributed by atoms with Crippen molar-refractivity contribution in [1.29, 1.82) is 0 Å². The molecule has 1 atom stereocenters. The van der Waals surface area contributed by atoms with Gasteiger partial charge < -0.3 is 0 Å². The Morgan fingerprint density at radius 1 is 1.17 bits per heavy atom. The molecule has 2 aliphatic rings. The summed E-state index contributed by atoms with van der Waals surface area (Å²) in [6.07, 6.45) is 7.97. The third kappa shape index (κ3) is 2.07. The van der Waals surface area contributed by atoms with Crippen molar-refractivity contribution in [3.63, 3.8) is 0 Å². The van der Waals surface area contributed by atoms with Crippen molar-refractivity contribution in [1.82, 2.24) is 0 Å². The predicted molar refractivity (Wildman–Crippen MR) is 71.8 cm³/mol. The van der Waals surface area contributed by atoms with E-state index in [-0.39, 0.29) is 11.8 Å². The van der Waals surface area contributed by atoms with Crippen molar-refractivity contribution in [2.24, 2.45) is 15.9 Å². The number of nitrogens with zero attached hydrogens (tertiary/aromatic N) is 2. The zero-order valence-electron chi connectivity index (χ0n) is 9.78. The first-order valence-electron chi connectivity index (χ1n) is 5.90. The van der Waals surface area contributed by atoms with Gasteiger partial charge in [0.05, 0.1) is 5.71 Å². The van der Waals surface area contributed by atoms with Crippen molar-refractivity contribution >= 4 is 17.8 Å². The standard InChI is InChI=1S/C15H12N2O/c18-15-13(8-11-4-2-1-3-5-11)9-12-6-7-16-10-14(12)17-15/h1-7,9-10,12H,8H2. The van der Waals surface area contributed by atoms with Crippen LogP contribution in [0, 0.1) is 5.92 Å². The van der Waals surface area contributed by atoms with Crippen molar-refractivity contribution in [3.8, 4) is 0 Å². The lowest BCUT2D eigenvalue weighted by Crippen LogP contribution is -2.23. The van der Waals surface area contributed by atoms with Crippen LogP contribution in [0.5, 0.6) is 0 Å². The summed E-state index contributed by atoms with van der Waals surface area (Å²) in [4.78, 5) is 20.0. The highest BCUT2D eigenvalue weighted by molar-refractivity contribution is 6.36. The molecule has 0 aromatic heterocycles. The lowest BCUT2D eigenvalue weighted by molar-refractivity contribution is -0.114. The Labute approximate surface area is 105 Å². The van der Waals surface area contributed by atoms with Gasteiger partial charge in [0.2, 0.25) is 0 Å². The van der Waals surface area contributed by atoms with Gasteiger partial charge in [-0.25, -0.2) is 4.99 Å². The zero-order valence-corrected chi connectivity index (χ0v) is 9.78. The van der Waals surface area contributed by atoms with Gasteiger partial charge in [0, 0.05) is 30.3 Å². The molecule has 1 aromatic carbocycles. The molecule has 0 saturated carbocycles. The van der Waals surface area contributed by atoms with Crippen LogP contribution in [-0.4, -0.2) is 17.8 Å². The van der Waals surface area contributed by atoms with Crippen LogP contribution in [0.15, 0.2) is 64.2 Å². The molecule has 88 valence electrons. The van der Waals surface area contributed by atoms with Gasteiger partial charge in [0.15, 0.2) is 0 Å². The molecule has 0 bridgehead atoms. The number of dihydropyridines is 1. The van der Waals surface area contributed by atoms with E-state index in [1.807, 2.05) is 42.5 Å². The first-order valence-corrected chi connectivity index (χ1v) is 5.90. The van der Waals surface area contributed by atoms with Gasteiger partial charge in [-0.05, 0) is 5.56 Å². The summed E-state index contributed by atoms with van der Waals surface area (Å²) >= 11 is 0. The Bertz CT molecular complexity index is 594. The first kappa shape index (κ1) is 10.8. The van der Waals surface area contributed by atoms with Gasteiger partial charge in [-0.1, -0.05) is 42.5 Å². The van der Waals surface area contributed by atoms with Gasteiger partial charge in [0.1, 0.15) is 0 Å². The van der Waals surface area contributed by atoms with Crippen molar-refractivity contribution in [3.05, 3.63) is 59.8 Å². The maximum atomic E-state index is 11.9. The summed E-state index contributed by atoms with van der Waals surface area (Å²) in [6, 6.07) is 9.96. The fourth-order valence-corrected chi connectivity index (χ4v) is 2.12. The summed E-state index contributed by atoms with van der Waals surface area (Å²) in [6.45, 7) is 0. The molecule has 0 radical (unpaired) electrons. The van der Waals surface area contributed by atoms with Gasteiger partial charge in [0.25, 0.3) is 5.91 Å². The van der Waals surface area contributed by atoms with E-state index in [1.54, 1.807) is 12.4 Å². The third-order valence-corrected chi connectivity index (χ3v) is 3.05. The van der Waals surface area contributed by atoms with Crippen LogP contribution >= 0.6 is 0 Å². The van der Waals surface area contributed by atoms with E-state index < -0.39 is 0 Å². The van der Waals surface area contributed by atoms with E-state index in [1.165, 1.54) is 0 Å². The van der Waals surface area contributed by atoms with E-state index in [0.29, 0.717) is 6.42 Å². The largest absolute Gasteiger partial charge is 0.273 e. The average Bonchev–Trinajstić information content (AvgIpc) is 2.41. The molecule has 0 saturated heterocycles. The average molecular weight is 236 g/mol. The second-order valence-corrected chi connectivity index (χ2v) is 4.34. The Morgan fingerprint density at radius 2 is 2.00 bits per heavy atom. The molecule has 3 rings (SSSR count). The fourth-order valence-electron chi connectivity index (χ4n) is 2.12. The molecular formula is C15H12N2O. The number of carbonyl (C=O) groups excluding carboxylic acids is 1. The van der Waals surface area contributed by atoms with E-state index in [0.717, 1.165) is 16.8 Å². The maximum absolute atomic E-state index is 11.9. The number of aliphatic imine (C=N–C) groups is 2. The van der Waals surface area contributed by atoms with Gasteiger partial charge in [-0.2, -0.15) is 0 Å². The zero-order chi connectivity index (χ0) is 12.4. The normalized spacial score (nSPS) is 21.3. The highest BCUT2D eigenvalue weighted by atomic mass is 16.1. The smallest absolute Gasteiger partial charge is 0.267 e. The van der Waals surface area contributed by atoms with Crippen LogP contribution < -0.4 is 0 Å². The Morgan fingerprint density at radius 3 is 2.83 bits per heavy atom. The molecule has 0 spiro atoms. The SMILES string of the molecule is O=C1N=C2C=NC=CC2C=C1Cc1ccccc1. The van der Waals surface area contributed by atoms with Gasteiger partial charge in [-0.3, -0.25) is 9.79 Å². The van der Waals surface area contributed by atoms with Crippen LogP contribution in [0.3, 0.4) is 0 Å². The lowest BCUT2D eigenvalue weighted by atomic mass is 9.93. The molecule has 18 heavy (non-hydrogen) atoms. The summed E-state index contributed by atoms with van der Waals surface area (Å²) in [7, 11) is 0. The molecule has 2 heterocycles. The highest BCUT2D eigenvalue weighted by Crippen LogP contribution is 2.20. The number of hydrogen-bond acceptors (Lipinski definition) is 2. The lowest BCUT2D eigenvalue weighted by Gasteiger charge is -2.17. The van der Waals surface area contributed by atoms with Crippen LogP contribution in [0.2, 0.25) is 0 Å². The van der Waals surface area contributed by atoms with E-state index in [9.17, 15) is 4.79 Å². The van der Waals surface area contributed by atoms with E-state index >= 15 is 0 Å². The molecule has 1 amide bonds. The maximum Gasteiger partial charge on any atom is 0.273 e. The van der Waals surface area contributed by atoms with Gasteiger partial charge >= 0.3 is 0 Å². The number of rotatable bonds is 2.